The number of fused-ring (bicyclic) bond motifs is 1. The van der Waals surface area contributed by atoms with Crippen LogP contribution in [0.25, 0.3) is 10.2 Å². The smallest absolute Gasteiger partial charge is 0.262 e. The Morgan fingerprint density at radius 2 is 2.08 bits per heavy atom. The van der Waals surface area contributed by atoms with Gasteiger partial charge in [-0.3, -0.25) is 14.2 Å². The summed E-state index contributed by atoms with van der Waals surface area (Å²) in [6, 6.07) is 3.94. The second kappa shape index (κ2) is 6.78. The van der Waals surface area contributed by atoms with Gasteiger partial charge in [0.25, 0.3) is 5.56 Å². The van der Waals surface area contributed by atoms with E-state index in [0.717, 1.165) is 23.9 Å². The van der Waals surface area contributed by atoms with Crippen LogP contribution in [-0.4, -0.2) is 27.4 Å². The second-order valence-corrected chi connectivity index (χ2v) is 9.35. The van der Waals surface area contributed by atoms with Crippen molar-refractivity contribution in [3.05, 3.63) is 47.9 Å². The van der Waals surface area contributed by atoms with Crippen molar-refractivity contribution >= 4 is 54.7 Å². The summed E-state index contributed by atoms with van der Waals surface area (Å²) in [5.74, 6) is -0.118. The molecule has 0 saturated heterocycles. The molecule has 0 aromatic carbocycles. The molecule has 3 rings (SSSR count). The van der Waals surface area contributed by atoms with Crippen molar-refractivity contribution < 1.29 is 4.79 Å². The maximum Gasteiger partial charge on any atom is 0.262 e. The van der Waals surface area contributed by atoms with Gasteiger partial charge in [-0.05, 0) is 47.5 Å². The number of nitrogens with zero attached hydrogens (tertiary/aromatic N) is 3. The Bertz CT molecular complexity index is 974. The first-order valence-electron chi connectivity index (χ1n) is 7.30. The summed E-state index contributed by atoms with van der Waals surface area (Å²) in [7, 11) is 1.74. The molecule has 0 saturated carbocycles. The lowest BCUT2D eigenvalue weighted by Crippen LogP contribution is -2.33. The standard InChI is InChI=1S/C16H16BrN3O2S2/c1-9-10(2)23-15-14(9)16(22)20(8-18-15)7-13(21)19(3)6-11-4-5-12(17)24-11/h4-5,8H,6-7H2,1-3H3. The minimum Gasteiger partial charge on any atom is -0.339 e. The normalized spacial score (nSPS) is 11.2. The molecule has 1 amide bonds. The van der Waals surface area contributed by atoms with Crippen LogP contribution in [0.3, 0.4) is 0 Å². The Morgan fingerprint density at radius 1 is 1.33 bits per heavy atom. The molecular weight excluding hydrogens is 410 g/mol. The maximum absolute atomic E-state index is 12.6. The summed E-state index contributed by atoms with van der Waals surface area (Å²) >= 11 is 6.52. The van der Waals surface area contributed by atoms with Crippen LogP contribution in [0.15, 0.2) is 27.0 Å². The number of hydrogen-bond donors (Lipinski definition) is 0. The number of carbonyl (C=O) groups is 1. The minimum atomic E-state index is -0.150. The molecule has 0 fully saturated rings. The lowest BCUT2D eigenvalue weighted by Gasteiger charge is -2.16. The van der Waals surface area contributed by atoms with E-state index in [1.807, 2.05) is 26.0 Å². The average molecular weight is 426 g/mol. The number of likely N-dealkylation sites (N-methyl/N-ethyl adjacent to an activating group) is 1. The number of aryl methyl sites for hydroxylation is 2. The van der Waals surface area contributed by atoms with E-state index in [-0.39, 0.29) is 18.0 Å². The summed E-state index contributed by atoms with van der Waals surface area (Å²) in [6.45, 7) is 4.42. The largest absolute Gasteiger partial charge is 0.339 e. The number of rotatable bonds is 4. The number of hydrogen-bond acceptors (Lipinski definition) is 5. The van der Waals surface area contributed by atoms with Gasteiger partial charge in [0.1, 0.15) is 11.4 Å². The van der Waals surface area contributed by atoms with Crippen LogP contribution in [0.2, 0.25) is 0 Å². The van der Waals surface area contributed by atoms with Gasteiger partial charge >= 0.3 is 0 Å². The van der Waals surface area contributed by atoms with E-state index in [1.165, 1.54) is 22.2 Å². The Kier molecular flexibility index (Phi) is 4.89. The molecule has 5 nitrogen and oxygen atoms in total. The monoisotopic (exact) mass is 425 g/mol. The Labute approximate surface area is 155 Å². The molecule has 0 aliphatic carbocycles. The maximum atomic E-state index is 12.6. The van der Waals surface area contributed by atoms with Crippen LogP contribution in [0.1, 0.15) is 15.3 Å². The lowest BCUT2D eigenvalue weighted by atomic mass is 10.2. The highest BCUT2D eigenvalue weighted by atomic mass is 79.9. The van der Waals surface area contributed by atoms with Crippen LogP contribution in [0, 0.1) is 13.8 Å². The van der Waals surface area contributed by atoms with Gasteiger partial charge in [-0.2, -0.15) is 0 Å². The average Bonchev–Trinajstić information content (AvgIpc) is 3.06. The van der Waals surface area contributed by atoms with E-state index >= 15 is 0 Å². The molecule has 0 unspecified atom stereocenters. The number of thiophene rings is 2. The van der Waals surface area contributed by atoms with Crippen LogP contribution in [0.5, 0.6) is 0 Å². The van der Waals surface area contributed by atoms with Crippen molar-refractivity contribution in [2.45, 2.75) is 26.9 Å². The van der Waals surface area contributed by atoms with Crippen LogP contribution >= 0.6 is 38.6 Å². The van der Waals surface area contributed by atoms with Crippen molar-refractivity contribution in [2.75, 3.05) is 7.05 Å². The van der Waals surface area contributed by atoms with E-state index in [9.17, 15) is 9.59 Å². The van der Waals surface area contributed by atoms with Gasteiger partial charge in [-0.25, -0.2) is 4.98 Å². The predicted octanol–water partition coefficient (Wildman–Crippen LogP) is 3.56. The van der Waals surface area contributed by atoms with Gasteiger partial charge in [-0.1, -0.05) is 0 Å². The summed E-state index contributed by atoms with van der Waals surface area (Å²) in [4.78, 5) is 33.9. The highest BCUT2D eigenvalue weighted by molar-refractivity contribution is 9.11. The third-order valence-electron chi connectivity index (χ3n) is 3.91. The first kappa shape index (κ1) is 17.3. The Hall–Kier alpha value is -1.51. The van der Waals surface area contributed by atoms with Crippen molar-refractivity contribution in [1.82, 2.24) is 14.5 Å². The highest BCUT2D eigenvalue weighted by Crippen LogP contribution is 2.25. The van der Waals surface area contributed by atoms with Gasteiger partial charge in [0.15, 0.2) is 0 Å². The van der Waals surface area contributed by atoms with Crippen molar-refractivity contribution in [3.63, 3.8) is 0 Å². The fourth-order valence-electron chi connectivity index (χ4n) is 2.41. The molecular formula is C16H16BrN3O2S2. The summed E-state index contributed by atoms with van der Waals surface area (Å²) in [6.07, 6.45) is 1.47. The van der Waals surface area contributed by atoms with Crippen molar-refractivity contribution in [1.29, 1.82) is 0 Å². The lowest BCUT2D eigenvalue weighted by molar-refractivity contribution is -0.131. The number of carbonyl (C=O) groups excluding carboxylic acids is 1. The summed E-state index contributed by atoms with van der Waals surface area (Å²) in [5.41, 5.74) is 0.800. The van der Waals surface area contributed by atoms with Gasteiger partial charge in [0.2, 0.25) is 5.91 Å². The summed E-state index contributed by atoms with van der Waals surface area (Å²) in [5, 5.41) is 0.623. The van der Waals surface area contributed by atoms with Gasteiger partial charge in [-0.15, -0.1) is 22.7 Å². The molecule has 0 N–H and O–H groups in total. The van der Waals surface area contributed by atoms with Crippen molar-refractivity contribution in [2.24, 2.45) is 0 Å². The van der Waals surface area contributed by atoms with Crippen LogP contribution in [-0.2, 0) is 17.9 Å². The molecule has 0 aliphatic heterocycles. The molecule has 3 aromatic heterocycles. The van der Waals surface area contributed by atoms with Crippen molar-refractivity contribution in [3.8, 4) is 0 Å². The molecule has 0 radical (unpaired) electrons. The third kappa shape index (κ3) is 3.31. The number of halogens is 1. The van der Waals surface area contributed by atoms with E-state index in [2.05, 4.69) is 20.9 Å². The van der Waals surface area contributed by atoms with Gasteiger partial charge < -0.3 is 4.90 Å². The van der Waals surface area contributed by atoms with Crippen LogP contribution in [0.4, 0.5) is 0 Å². The fraction of sp³-hybridized carbons (Fsp3) is 0.312. The molecule has 0 aliphatic rings. The number of amides is 1. The van der Waals surface area contributed by atoms with E-state index in [1.54, 1.807) is 23.3 Å². The van der Waals surface area contributed by atoms with Crippen LogP contribution < -0.4 is 5.56 Å². The molecule has 24 heavy (non-hydrogen) atoms. The predicted molar refractivity (Wildman–Crippen MR) is 102 cm³/mol. The topological polar surface area (TPSA) is 55.2 Å². The molecule has 3 heterocycles. The van der Waals surface area contributed by atoms with Gasteiger partial charge in [0.05, 0.1) is 22.0 Å². The third-order valence-corrected chi connectivity index (χ3v) is 6.63. The molecule has 0 bridgehead atoms. The summed E-state index contributed by atoms with van der Waals surface area (Å²) < 4.78 is 2.43. The first-order chi connectivity index (χ1) is 11.4. The minimum absolute atomic E-state index is 0.000841. The fourth-order valence-corrected chi connectivity index (χ4v) is 4.93. The first-order valence-corrected chi connectivity index (χ1v) is 9.72. The molecule has 3 aromatic rings. The zero-order valence-electron chi connectivity index (χ0n) is 13.5. The zero-order valence-corrected chi connectivity index (χ0v) is 16.7. The second-order valence-electron chi connectivity index (χ2n) is 5.60. The Balaban J connectivity index is 1.81. The van der Waals surface area contributed by atoms with E-state index in [4.69, 9.17) is 0 Å². The molecule has 126 valence electrons. The van der Waals surface area contributed by atoms with Gasteiger partial charge in [0, 0.05) is 16.8 Å². The number of aromatic nitrogens is 2. The molecule has 0 atom stereocenters. The van der Waals surface area contributed by atoms with E-state index < -0.39 is 0 Å². The highest BCUT2D eigenvalue weighted by Gasteiger charge is 2.16. The Morgan fingerprint density at radius 3 is 2.75 bits per heavy atom. The molecule has 8 heteroatoms. The van der Waals surface area contributed by atoms with E-state index in [0.29, 0.717) is 11.9 Å². The molecule has 0 spiro atoms. The zero-order chi connectivity index (χ0) is 17.4. The quantitative estimate of drug-likeness (QED) is 0.641. The SMILES string of the molecule is Cc1sc2ncn(CC(=O)N(C)Cc3ccc(Br)s3)c(=O)c2c1C.